The number of hydrogen-bond donors (Lipinski definition) is 0. The molecule has 0 saturated heterocycles. The van der Waals surface area contributed by atoms with Gasteiger partial charge in [0.05, 0.1) is 12.7 Å². The van der Waals surface area contributed by atoms with Crippen molar-refractivity contribution in [3.8, 4) is 0 Å². The molecule has 0 radical (unpaired) electrons. The van der Waals surface area contributed by atoms with E-state index in [4.69, 9.17) is 0 Å². The van der Waals surface area contributed by atoms with Crippen molar-refractivity contribution in [2.24, 2.45) is 0 Å². The van der Waals surface area contributed by atoms with E-state index >= 15 is 0 Å². The molecule has 0 fully saturated rings. The van der Waals surface area contributed by atoms with Gasteiger partial charge in [-0.25, -0.2) is 4.79 Å². The lowest BCUT2D eigenvalue weighted by Gasteiger charge is -2.03. The fourth-order valence-corrected chi connectivity index (χ4v) is 1.23. The summed E-state index contributed by atoms with van der Waals surface area (Å²) in [4.78, 5) is 22.9. The number of rotatable bonds is 3. The Morgan fingerprint density at radius 3 is 2.33 bits per heavy atom. The maximum absolute atomic E-state index is 11.6. The standard InChI is InChI=1S/C12H12O3/c1-3-6-11(13)9-7-4-5-8-10(9)12(14)15-2/h3-8H,1-2H3/b6-3+. The molecule has 0 amide bonds. The number of esters is 1. The first-order valence-corrected chi connectivity index (χ1v) is 4.55. The van der Waals surface area contributed by atoms with Crippen LogP contribution in [0.5, 0.6) is 0 Å². The minimum atomic E-state index is -0.497. The molecule has 0 aliphatic carbocycles. The van der Waals surface area contributed by atoms with Gasteiger partial charge in [0.1, 0.15) is 0 Å². The molecule has 0 saturated carbocycles. The second kappa shape index (κ2) is 5.10. The lowest BCUT2D eigenvalue weighted by Crippen LogP contribution is -2.08. The first kappa shape index (κ1) is 11.2. The number of ether oxygens (including phenoxy) is 1. The van der Waals surface area contributed by atoms with Gasteiger partial charge >= 0.3 is 5.97 Å². The minimum Gasteiger partial charge on any atom is -0.465 e. The number of carbonyl (C=O) groups is 2. The van der Waals surface area contributed by atoms with Crippen molar-refractivity contribution in [2.45, 2.75) is 6.92 Å². The number of benzene rings is 1. The quantitative estimate of drug-likeness (QED) is 0.431. The van der Waals surface area contributed by atoms with Crippen molar-refractivity contribution in [1.29, 1.82) is 0 Å². The van der Waals surface area contributed by atoms with Crippen LogP contribution in [0.4, 0.5) is 0 Å². The fourth-order valence-electron chi connectivity index (χ4n) is 1.23. The van der Waals surface area contributed by atoms with Crippen LogP contribution in [0.2, 0.25) is 0 Å². The Bertz CT molecular complexity index is 405. The largest absolute Gasteiger partial charge is 0.465 e. The van der Waals surface area contributed by atoms with E-state index in [1.165, 1.54) is 13.2 Å². The summed E-state index contributed by atoms with van der Waals surface area (Å²) in [6, 6.07) is 6.58. The van der Waals surface area contributed by atoms with Gasteiger partial charge in [0.15, 0.2) is 5.78 Å². The Labute approximate surface area is 88.4 Å². The molecule has 78 valence electrons. The van der Waals surface area contributed by atoms with Crippen molar-refractivity contribution in [3.05, 3.63) is 47.5 Å². The first-order valence-electron chi connectivity index (χ1n) is 4.55. The normalized spacial score (nSPS) is 10.3. The number of carbonyl (C=O) groups excluding carboxylic acids is 2. The third-order valence-corrected chi connectivity index (χ3v) is 1.92. The van der Waals surface area contributed by atoms with E-state index in [2.05, 4.69) is 4.74 Å². The lowest BCUT2D eigenvalue weighted by molar-refractivity contribution is 0.0597. The monoisotopic (exact) mass is 204 g/mol. The molecule has 0 aliphatic rings. The van der Waals surface area contributed by atoms with E-state index < -0.39 is 5.97 Å². The van der Waals surface area contributed by atoms with E-state index in [9.17, 15) is 9.59 Å². The molecule has 1 aromatic rings. The van der Waals surface area contributed by atoms with E-state index in [-0.39, 0.29) is 5.78 Å². The number of allylic oxidation sites excluding steroid dienone is 2. The molecule has 0 N–H and O–H groups in total. The zero-order valence-electron chi connectivity index (χ0n) is 8.69. The van der Waals surface area contributed by atoms with Crippen molar-refractivity contribution in [1.82, 2.24) is 0 Å². The molecule has 0 spiro atoms. The zero-order chi connectivity index (χ0) is 11.3. The summed E-state index contributed by atoms with van der Waals surface area (Å²) < 4.78 is 4.59. The second-order valence-corrected chi connectivity index (χ2v) is 2.90. The van der Waals surface area contributed by atoms with Crippen LogP contribution >= 0.6 is 0 Å². The molecule has 1 aromatic carbocycles. The van der Waals surface area contributed by atoms with E-state index in [0.29, 0.717) is 11.1 Å². The summed E-state index contributed by atoms with van der Waals surface area (Å²) in [7, 11) is 1.29. The highest BCUT2D eigenvalue weighted by Gasteiger charge is 2.14. The molecule has 0 aromatic heterocycles. The number of hydrogen-bond acceptors (Lipinski definition) is 3. The number of ketones is 1. The van der Waals surface area contributed by atoms with Gasteiger partial charge < -0.3 is 4.74 Å². The molecule has 1 rings (SSSR count). The van der Waals surface area contributed by atoms with Crippen LogP contribution in [0.1, 0.15) is 27.6 Å². The topological polar surface area (TPSA) is 43.4 Å². The zero-order valence-corrected chi connectivity index (χ0v) is 8.69. The third kappa shape index (κ3) is 2.53. The molecule has 3 nitrogen and oxygen atoms in total. The summed E-state index contributed by atoms with van der Waals surface area (Å²) >= 11 is 0. The summed E-state index contributed by atoms with van der Waals surface area (Å²) in [5.74, 6) is -0.693. The molecule has 0 heterocycles. The Balaban J connectivity index is 3.17. The highest BCUT2D eigenvalue weighted by Crippen LogP contribution is 2.11. The minimum absolute atomic E-state index is 0.196. The summed E-state index contributed by atoms with van der Waals surface area (Å²) in [6.45, 7) is 1.75. The molecule has 0 atom stereocenters. The molecular formula is C12H12O3. The maximum atomic E-state index is 11.6. The Morgan fingerprint density at radius 2 is 1.80 bits per heavy atom. The van der Waals surface area contributed by atoms with Gasteiger partial charge in [0.2, 0.25) is 0 Å². The van der Waals surface area contributed by atoms with E-state index in [0.717, 1.165) is 0 Å². The smallest absolute Gasteiger partial charge is 0.338 e. The van der Waals surface area contributed by atoms with Crippen molar-refractivity contribution < 1.29 is 14.3 Å². The van der Waals surface area contributed by atoms with Crippen LogP contribution in [-0.4, -0.2) is 18.9 Å². The predicted molar refractivity (Wildman–Crippen MR) is 56.9 cm³/mol. The highest BCUT2D eigenvalue weighted by molar-refractivity contribution is 6.11. The van der Waals surface area contributed by atoms with Crippen molar-refractivity contribution in [2.75, 3.05) is 7.11 Å². The van der Waals surface area contributed by atoms with E-state index in [1.54, 1.807) is 37.3 Å². The molecule has 15 heavy (non-hydrogen) atoms. The van der Waals surface area contributed by atoms with Gasteiger partial charge in [-0.15, -0.1) is 0 Å². The highest BCUT2D eigenvalue weighted by atomic mass is 16.5. The fraction of sp³-hybridized carbons (Fsp3) is 0.167. The van der Waals surface area contributed by atoms with Gasteiger partial charge in [-0.1, -0.05) is 24.3 Å². The van der Waals surface area contributed by atoms with Crippen LogP contribution in [0, 0.1) is 0 Å². The third-order valence-electron chi connectivity index (χ3n) is 1.92. The lowest BCUT2D eigenvalue weighted by atomic mass is 10.0. The average Bonchev–Trinajstić information content (AvgIpc) is 2.28. The van der Waals surface area contributed by atoms with Gasteiger partial charge in [-0.2, -0.15) is 0 Å². The Morgan fingerprint density at radius 1 is 1.20 bits per heavy atom. The molecule has 0 unspecified atom stereocenters. The van der Waals surface area contributed by atoms with Crippen molar-refractivity contribution >= 4 is 11.8 Å². The van der Waals surface area contributed by atoms with Gasteiger partial charge in [0.25, 0.3) is 0 Å². The average molecular weight is 204 g/mol. The first-order chi connectivity index (χ1) is 7.20. The molecule has 0 bridgehead atoms. The van der Waals surface area contributed by atoms with Crippen LogP contribution in [0.25, 0.3) is 0 Å². The van der Waals surface area contributed by atoms with Crippen molar-refractivity contribution in [3.63, 3.8) is 0 Å². The van der Waals surface area contributed by atoms with Gasteiger partial charge in [0, 0.05) is 5.56 Å². The summed E-state index contributed by atoms with van der Waals surface area (Å²) in [5.41, 5.74) is 0.658. The SMILES string of the molecule is C/C=C/C(=O)c1ccccc1C(=O)OC. The second-order valence-electron chi connectivity index (χ2n) is 2.90. The van der Waals surface area contributed by atoms with Crippen LogP contribution in [-0.2, 0) is 4.74 Å². The maximum Gasteiger partial charge on any atom is 0.338 e. The van der Waals surface area contributed by atoms with E-state index in [1.807, 2.05) is 0 Å². The summed E-state index contributed by atoms with van der Waals surface area (Å²) in [5, 5.41) is 0. The van der Waals surface area contributed by atoms with Crippen LogP contribution < -0.4 is 0 Å². The predicted octanol–water partition coefficient (Wildman–Crippen LogP) is 2.23. The summed E-state index contributed by atoms with van der Waals surface area (Å²) in [6.07, 6.45) is 3.05. The van der Waals surface area contributed by atoms with Gasteiger partial charge in [-0.05, 0) is 19.1 Å². The Kier molecular flexibility index (Phi) is 3.80. The molecule has 3 heteroatoms. The molecule has 0 aliphatic heterocycles. The van der Waals surface area contributed by atoms with Gasteiger partial charge in [-0.3, -0.25) is 4.79 Å². The number of methoxy groups -OCH3 is 1. The Hall–Kier alpha value is -1.90. The molecular weight excluding hydrogens is 192 g/mol. The van der Waals surface area contributed by atoms with Crippen LogP contribution in [0.15, 0.2) is 36.4 Å². The van der Waals surface area contributed by atoms with Crippen LogP contribution in [0.3, 0.4) is 0 Å².